The van der Waals surface area contributed by atoms with Crippen LogP contribution in [0.3, 0.4) is 0 Å². The van der Waals surface area contributed by atoms with Crippen molar-refractivity contribution in [1.82, 2.24) is 29.9 Å². The van der Waals surface area contributed by atoms with Crippen molar-refractivity contribution in [2.24, 2.45) is 0 Å². The lowest BCUT2D eigenvalue weighted by molar-refractivity contribution is -0.122. The Morgan fingerprint density at radius 2 is 2.15 bits per heavy atom. The van der Waals surface area contributed by atoms with Gasteiger partial charge in [0.05, 0.1) is 35.8 Å². The molecule has 0 unspecified atom stereocenters. The van der Waals surface area contributed by atoms with Gasteiger partial charge in [-0.25, -0.2) is 4.98 Å². The highest BCUT2D eigenvalue weighted by Crippen LogP contribution is 2.29. The van der Waals surface area contributed by atoms with Gasteiger partial charge in [0.15, 0.2) is 0 Å². The van der Waals surface area contributed by atoms with Crippen LogP contribution in [0.1, 0.15) is 28.8 Å². The van der Waals surface area contributed by atoms with Crippen LogP contribution < -0.4 is 5.32 Å². The van der Waals surface area contributed by atoms with Crippen LogP contribution in [0.15, 0.2) is 36.0 Å². The van der Waals surface area contributed by atoms with E-state index < -0.39 is 0 Å². The van der Waals surface area contributed by atoms with E-state index in [0.29, 0.717) is 42.5 Å². The number of aryl methyl sites for hydroxylation is 2. The number of nitrogens with one attached hydrogen (secondary N) is 2. The maximum absolute atomic E-state index is 12.9. The Bertz CT molecular complexity index is 1210. The van der Waals surface area contributed by atoms with Crippen molar-refractivity contribution in [3.8, 4) is 22.0 Å². The van der Waals surface area contributed by atoms with E-state index in [1.165, 1.54) is 11.3 Å². The third kappa shape index (κ3) is 5.91. The van der Waals surface area contributed by atoms with E-state index in [1.807, 2.05) is 39.0 Å². The van der Waals surface area contributed by atoms with Gasteiger partial charge in [-0.05, 0) is 32.9 Å². The molecule has 3 N–H and O–H groups in total. The number of aromatic nitrogens is 6. The fourth-order valence-electron chi connectivity index (χ4n) is 3.17. The van der Waals surface area contributed by atoms with Gasteiger partial charge in [-0.3, -0.25) is 24.4 Å². The van der Waals surface area contributed by atoms with Crippen LogP contribution in [-0.4, -0.2) is 60.6 Å². The summed E-state index contributed by atoms with van der Waals surface area (Å²) in [6.45, 7) is 7.29. The van der Waals surface area contributed by atoms with Gasteiger partial charge in [-0.1, -0.05) is 6.07 Å². The zero-order valence-corrected chi connectivity index (χ0v) is 19.8. The Morgan fingerprint density at radius 3 is 2.79 bits per heavy atom. The fourth-order valence-corrected chi connectivity index (χ4v) is 4.12. The second kappa shape index (κ2) is 11.8. The van der Waals surface area contributed by atoms with Crippen molar-refractivity contribution in [3.05, 3.63) is 53.1 Å². The Kier molecular flexibility index (Phi) is 8.60. The van der Waals surface area contributed by atoms with Gasteiger partial charge in [-0.2, -0.15) is 10.2 Å². The van der Waals surface area contributed by atoms with Gasteiger partial charge in [0, 0.05) is 30.1 Å². The number of thiazole rings is 1. The number of hydrogen-bond acceptors (Lipinski definition) is 8. The predicted molar refractivity (Wildman–Crippen MR) is 128 cm³/mol. The summed E-state index contributed by atoms with van der Waals surface area (Å²) in [7, 11) is 0. The van der Waals surface area contributed by atoms with Crippen LogP contribution in [0.5, 0.6) is 0 Å². The summed E-state index contributed by atoms with van der Waals surface area (Å²) in [5, 5.41) is 24.1. The van der Waals surface area contributed by atoms with E-state index >= 15 is 0 Å². The first-order valence-corrected chi connectivity index (χ1v) is 11.3. The fraction of sp³-hybridized carbons (Fsp3) is 0.273. The normalized spacial score (nSPS) is 10.4. The molecule has 0 aliphatic carbocycles. The Balaban J connectivity index is 0.00000103. The summed E-state index contributed by atoms with van der Waals surface area (Å²) in [6.07, 6.45) is 3.49. The lowest BCUT2D eigenvalue weighted by atomic mass is 10.2. The van der Waals surface area contributed by atoms with Crippen LogP contribution in [0.25, 0.3) is 22.0 Å². The number of rotatable bonds is 8. The monoisotopic (exact) mass is 483 g/mol. The van der Waals surface area contributed by atoms with Gasteiger partial charge in [0.1, 0.15) is 16.4 Å². The first kappa shape index (κ1) is 24.7. The first-order chi connectivity index (χ1) is 16.5. The molecule has 0 atom stereocenters. The number of pyridine rings is 1. The Morgan fingerprint density at radius 1 is 1.35 bits per heavy atom. The second-order valence-electron chi connectivity index (χ2n) is 6.97. The molecule has 11 nitrogen and oxygen atoms in total. The summed E-state index contributed by atoms with van der Waals surface area (Å²) in [4.78, 5) is 30.2. The molecule has 0 aromatic carbocycles. The molecule has 4 aromatic rings. The molecule has 0 fully saturated rings. The number of hydrogen-bond donors (Lipinski definition) is 3. The summed E-state index contributed by atoms with van der Waals surface area (Å²) in [5.41, 5.74) is 4.90. The predicted octanol–water partition coefficient (Wildman–Crippen LogP) is 3.40. The number of H-pyrrole nitrogens is 1. The number of aromatic amines is 1. The summed E-state index contributed by atoms with van der Waals surface area (Å²) in [6, 6.07) is 5.58. The zero-order chi connectivity index (χ0) is 24.5. The molecule has 0 aliphatic heterocycles. The topological polar surface area (TPSA) is 148 Å². The molecule has 4 rings (SSSR count). The van der Waals surface area contributed by atoms with Crippen LogP contribution in [-0.2, 0) is 16.1 Å². The molecular formula is C22H25N7O4S. The third-order valence-corrected chi connectivity index (χ3v) is 5.52. The molecule has 0 spiro atoms. The number of ether oxygens (including phenoxy) is 1. The molecule has 0 saturated heterocycles. The number of carboxylic acid groups (broad SMARTS) is 1. The number of nitrogens with zero attached hydrogens (tertiary/aromatic N) is 5. The van der Waals surface area contributed by atoms with Gasteiger partial charge in [-0.15, -0.1) is 11.3 Å². The minimum absolute atomic E-state index is 0.250. The highest BCUT2D eigenvalue weighted by atomic mass is 32.1. The van der Waals surface area contributed by atoms with Crippen molar-refractivity contribution in [3.63, 3.8) is 0 Å². The number of amides is 1. The van der Waals surface area contributed by atoms with Crippen molar-refractivity contribution in [2.45, 2.75) is 27.3 Å². The molecule has 178 valence electrons. The molecule has 4 aromatic heterocycles. The average molecular weight is 484 g/mol. The maximum Gasteiger partial charge on any atom is 0.290 e. The molecule has 0 aliphatic rings. The van der Waals surface area contributed by atoms with E-state index in [9.17, 15) is 4.79 Å². The van der Waals surface area contributed by atoms with Gasteiger partial charge < -0.3 is 15.2 Å². The van der Waals surface area contributed by atoms with Gasteiger partial charge >= 0.3 is 0 Å². The average Bonchev–Trinajstić information content (AvgIpc) is 3.54. The molecule has 12 heteroatoms. The van der Waals surface area contributed by atoms with Crippen LogP contribution in [0.4, 0.5) is 5.69 Å². The second-order valence-corrected chi connectivity index (χ2v) is 7.83. The maximum atomic E-state index is 12.9. The quantitative estimate of drug-likeness (QED) is 0.255. The highest BCUT2D eigenvalue weighted by molar-refractivity contribution is 7.13. The standard InChI is InChI=1S/C21H23N7O2S.CH2O2/c1-4-30-10-9-28-11-16(19(27-28)15-7-5-6-8-22-15)23-20(29)17-12-31-21(24-17)18-13(2)25-26-14(18)3;2-1-3/h5-8,11-12H,4,9-10H2,1-3H3,(H,23,29)(H,25,26);1H,(H,2,3). The minimum Gasteiger partial charge on any atom is -0.483 e. The Labute approximate surface area is 199 Å². The van der Waals surface area contributed by atoms with E-state index in [4.69, 9.17) is 14.6 Å². The van der Waals surface area contributed by atoms with E-state index in [0.717, 1.165) is 22.0 Å². The smallest absolute Gasteiger partial charge is 0.290 e. The van der Waals surface area contributed by atoms with Gasteiger partial charge in [0.25, 0.3) is 12.4 Å². The van der Waals surface area contributed by atoms with Crippen LogP contribution in [0.2, 0.25) is 0 Å². The van der Waals surface area contributed by atoms with Crippen molar-refractivity contribution < 1.29 is 19.4 Å². The van der Waals surface area contributed by atoms with Crippen molar-refractivity contribution >= 4 is 29.4 Å². The SMILES string of the molecule is CCOCCn1cc(NC(=O)c2csc(-c3c(C)n[nH]c3C)n2)c(-c2ccccn2)n1.O=CO. The molecule has 0 bridgehead atoms. The van der Waals surface area contributed by atoms with Crippen LogP contribution >= 0.6 is 11.3 Å². The summed E-state index contributed by atoms with van der Waals surface area (Å²) >= 11 is 1.41. The van der Waals surface area contributed by atoms with E-state index in [-0.39, 0.29) is 12.4 Å². The van der Waals surface area contributed by atoms with Crippen molar-refractivity contribution in [1.29, 1.82) is 0 Å². The molecule has 34 heavy (non-hydrogen) atoms. The molecule has 0 saturated carbocycles. The number of carbonyl (C=O) groups excluding carboxylic acids is 1. The van der Waals surface area contributed by atoms with E-state index in [2.05, 4.69) is 30.6 Å². The minimum atomic E-state index is -0.303. The largest absolute Gasteiger partial charge is 0.483 e. The van der Waals surface area contributed by atoms with Gasteiger partial charge in [0.2, 0.25) is 0 Å². The number of anilines is 1. The molecule has 4 heterocycles. The Hall–Kier alpha value is -3.90. The third-order valence-electron chi connectivity index (χ3n) is 4.67. The summed E-state index contributed by atoms with van der Waals surface area (Å²) in [5.74, 6) is -0.303. The first-order valence-electron chi connectivity index (χ1n) is 10.4. The van der Waals surface area contributed by atoms with Crippen molar-refractivity contribution in [2.75, 3.05) is 18.5 Å². The zero-order valence-electron chi connectivity index (χ0n) is 19.0. The lowest BCUT2D eigenvalue weighted by Gasteiger charge is -2.03. The highest BCUT2D eigenvalue weighted by Gasteiger charge is 2.19. The summed E-state index contributed by atoms with van der Waals surface area (Å²) < 4.78 is 7.17. The molecule has 1 amide bonds. The van der Waals surface area contributed by atoms with Crippen LogP contribution in [0, 0.1) is 13.8 Å². The number of carbonyl (C=O) groups is 2. The molecule has 0 radical (unpaired) electrons. The lowest BCUT2D eigenvalue weighted by Crippen LogP contribution is -2.12. The molecular weight excluding hydrogens is 458 g/mol. The van der Waals surface area contributed by atoms with E-state index in [1.54, 1.807) is 22.5 Å².